The number of rotatable bonds is 3. The van der Waals surface area contributed by atoms with Crippen molar-refractivity contribution >= 4 is 71.7 Å². The molecular formula is C36H23N3. The van der Waals surface area contributed by atoms with E-state index in [2.05, 4.69) is 153 Å². The molecule has 9 rings (SSSR count). The predicted octanol–water partition coefficient (Wildman–Crippen LogP) is 9.71. The topological polar surface area (TPSA) is 12.1 Å². The molecule has 0 aliphatic rings. The zero-order valence-electron chi connectivity index (χ0n) is 21.1. The van der Waals surface area contributed by atoms with E-state index in [0.29, 0.717) is 0 Å². The fourth-order valence-corrected chi connectivity index (χ4v) is 6.64. The summed E-state index contributed by atoms with van der Waals surface area (Å²) in [6.07, 6.45) is 0. The maximum Gasteiger partial charge on any atom is 0.0783 e. The first kappa shape index (κ1) is 20.7. The summed E-state index contributed by atoms with van der Waals surface area (Å²) in [7, 11) is 0. The van der Waals surface area contributed by atoms with Gasteiger partial charge in [0.1, 0.15) is 0 Å². The third-order valence-corrected chi connectivity index (χ3v) is 8.19. The summed E-state index contributed by atoms with van der Waals surface area (Å²) in [6.45, 7) is 0. The molecule has 3 aromatic heterocycles. The van der Waals surface area contributed by atoms with Gasteiger partial charge in [-0.3, -0.25) is 0 Å². The highest BCUT2D eigenvalue weighted by molar-refractivity contribution is 6.21. The summed E-state index contributed by atoms with van der Waals surface area (Å²) < 4.78 is 4.95. The zero-order chi connectivity index (χ0) is 25.5. The van der Waals surface area contributed by atoms with Gasteiger partial charge in [-0.15, -0.1) is 0 Å². The van der Waals surface area contributed by atoms with Crippen molar-refractivity contribution in [1.29, 1.82) is 0 Å². The molecule has 0 fully saturated rings. The van der Waals surface area contributed by atoms with E-state index in [9.17, 15) is 0 Å². The maximum absolute atomic E-state index is 2.48. The van der Waals surface area contributed by atoms with Crippen molar-refractivity contribution in [1.82, 2.24) is 8.80 Å². The Morgan fingerprint density at radius 1 is 0.333 bits per heavy atom. The van der Waals surface area contributed by atoms with Gasteiger partial charge in [0.15, 0.2) is 0 Å². The highest BCUT2D eigenvalue weighted by atomic mass is 15.1. The van der Waals surface area contributed by atoms with Gasteiger partial charge in [-0.2, -0.15) is 0 Å². The van der Waals surface area contributed by atoms with Gasteiger partial charge in [0, 0.05) is 38.6 Å². The number of anilines is 3. The van der Waals surface area contributed by atoms with Crippen molar-refractivity contribution in [2.45, 2.75) is 0 Å². The molecule has 0 amide bonds. The van der Waals surface area contributed by atoms with Gasteiger partial charge in [0.2, 0.25) is 0 Å². The third kappa shape index (κ3) is 2.71. The number of fused-ring (bicyclic) bond motifs is 8. The van der Waals surface area contributed by atoms with Gasteiger partial charge in [-0.1, -0.05) is 84.9 Å². The average Bonchev–Trinajstić information content (AvgIpc) is 3.52. The van der Waals surface area contributed by atoms with Crippen LogP contribution in [-0.4, -0.2) is 8.80 Å². The molecule has 6 aromatic carbocycles. The Kier molecular flexibility index (Phi) is 4.05. The molecule has 39 heavy (non-hydrogen) atoms. The van der Waals surface area contributed by atoms with Gasteiger partial charge in [-0.25, -0.2) is 0 Å². The lowest BCUT2D eigenvalue weighted by molar-refractivity contribution is 1.25. The summed E-state index contributed by atoms with van der Waals surface area (Å²) in [6, 6.07) is 50.4. The molecule has 0 bridgehead atoms. The molecule has 0 atom stereocenters. The van der Waals surface area contributed by atoms with Crippen molar-refractivity contribution in [2.24, 2.45) is 0 Å². The predicted molar refractivity (Wildman–Crippen MR) is 164 cm³/mol. The van der Waals surface area contributed by atoms with Crippen LogP contribution in [0.4, 0.5) is 17.1 Å². The molecule has 0 spiro atoms. The minimum Gasteiger partial charge on any atom is -0.310 e. The van der Waals surface area contributed by atoms with E-state index in [4.69, 9.17) is 0 Å². The van der Waals surface area contributed by atoms with Crippen molar-refractivity contribution < 1.29 is 0 Å². The van der Waals surface area contributed by atoms with Crippen LogP contribution in [0.2, 0.25) is 0 Å². The lowest BCUT2D eigenvalue weighted by Crippen LogP contribution is -2.09. The van der Waals surface area contributed by atoms with Crippen LogP contribution in [0.5, 0.6) is 0 Å². The van der Waals surface area contributed by atoms with Crippen LogP contribution in [0.15, 0.2) is 140 Å². The molecule has 3 nitrogen and oxygen atoms in total. The Morgan fingerprint density at radius 2 is 0.821 bits per heavy atom. The SMILES string of the molecule is c1ccc(N(c2ccccc2)c2ccc3c4cccc5c4n(c3c2)c2cccc3c4ccccc4n5c32)cc1. The number of aromatic nitrogens is 2. The van der Waals surface area contributed by atoms with Gasteiger partial charge in [0.05, 0.1) is 33.1 Å². The Morgan fingerprint density at radius 3 is 1.46 bits per heavy atom. The highest BCUT2D eigenvalue weighted by Gasteiger charge is 2.21. The van der Waals surface area contributed by atoms with Gasteiger partial charge in [0.25, 0.3) is 0 Å². The van der Waals surface area contributed by atoms with Crippen molar-refractivity contribution in [3.05, 3.63) is 140 Å². The first-order valence-corrected chi connectivity index (χ1v) is 13.4. The highest BCUT2D eigenvalue weighted by Crippen LogP contribution is 2.42. The first-order valence-electron chi connectivity index (χ1n) is 13.4. The van der Waals surface area contributed by atoms with E-state index in [0.717, 1.165) is 17.1 Å². The summed E-state index contributed by atoms with van der Waals surface area (Å²) in [5, 5.41) is 5.13. The van der Waals surface area contributed by atoms with Crippen molar-refractivity contribution in [2.75, 3.05) is 4.90 Å². The maximum atomic E-state index is 2.48. The number of para-hydroxylation sites is 5. The average molecular weight is 498 g/mol. The van der Waals surface area contributed by atoms with E-state index in [1.807, 2.05) is 0 Å². The lowest BCUT2D eigenvalue weighted by atomic mass is 10.1. The normalized spacial score (nSPS) is 12.1. The van der Waals surface area contributed by atoms with Gasteiger partial charge in [-0.05, 0) is 54.6 Å². The number of hydrogen-bond donors (Lipinski definition) is 0. The molecule has 3 heterocycles. The quantitative estimate of drug-likeness (QED) is 0.221. The van der Waals surface area contributed by atoms with E-state index in [1.54, 1.807) is 0 Å². The molecule has 0 saturated carbocycles. The van der Waals surface area contributed by atoms with Crippen molar-refractivity contribution in [3.8, 4) is 0 Å². The van der Waals surface area contributed by atoms with Gasteiger partial charge >= 0.3 is 0 Å². The van der Waals surface area contributed by atoms with Crippen LogP contribution in [0.1, 0.15) is 0 Å². The fourth-order valence-electron chi connectivity index (χ4n) is 6.64. The van der Waals surface area contributed by atoms with Crippen LogP contribution in [0.3, 0.4) is 0 Å². The van der Waals surface area contributed by atoms with Gasteiger partial charge < -0.3 is 13.7 Å². The molecule has 182 valence electrons. The molecule has 0 aliphatic carbocycles. The second-order valence-corrected chi connectivity index (χ2v) is 10.2. The molecule has 0 saturated heterocycles. The molecule has 0 unspecified atom stereocenters. The summed E-state index contributed by atoms with van der Waals surface area (Å²) in [4.78, 5) is 2.34. The Hall–Kier alpha value is -5.28. The van der Waals surface area contributed by atoms with E-state index < -0.39 is 0 Å². The zero-order valence-corrected chi connectivity index (χ0v) is 21.1. The molecule has 0 radical (unpaired) electrons. The van der Waals surface area contributed by atoms with E-state index in [-0.39, 0.29) is 0 Å². The summed E-state index contributed by atoms with van der Waals surface area (Å²) >= 11 is 0. The Balaban J connectivity index is 1.45. The van der Waals surface area contributed by atoms with E-state index >= 15 is 0 Å². The lowest BCUT2D eigenvalue weighted by Gasteiger charge is -2.25. The second-order valence-electron chi connectivity index (χ2n) is 10.2. The Bertz CT molecular complexity index is 2290. The van der Waals surface area contributed by atoms with Crippen LogP contribution >= 0.6 is 0 Å². The number of hydrogen-bond acceptors (Lipinski definition) is 1. The number of nitrogens with zero attached hydrogens (tertiary/aromatic N) is 3. The smallest absolute Gasteiger partial charge is 0.0783 e. The molecule has 9 aromatic rings. The summed E-state index contributed by atoms with van der Waals surface area (Å²) in [5.74, 6) is 0. The van der Waals surface area contributed by atoms with Crippen LogP contribution < -0.4 is 4.90 Å². The standard InChI is InChI=1S/C36H23N3/c1-3-11-24(12-4-1)37(25-13-5-2-6-14-25)26-21-22-28-30-17-10-19-32-36(30)39(34(28)23-26)33-20-9-16-29-27-15-7-8-18-31(27)38(32)35(29)33/h1-23H. The summed E-state index contributed by atoms with van der Waals surface area (Å²) in [5.41, 5.74) is 10.9. The fraction of sp³-hybridized carbons (Fsp3) is 0. The monoisotopic (exact) mass is 497 g/mol. The largest absolute Gasteiger partial charge is 0.310 e. The molecule has 0 N–H and O–H groups in total. The second kappa shape index (κ2) is 7.62. The minimum atomic E-state index is 1.14. The number of benzene rings is 6. The van der Waals surface area contributed by atoms with Crippen LogP contribution in [0, 0.1) is 0 Å². The molecule has 3 heteroatoms. The molecular weight excluding hydrogens is 474 g/mol. The molecule has 0 aliphatic heterocycles. The van der Waals surface area contributed by atoms with Crippen molar-refractivity contribution in [3.63, 3.8) is 0 Å². The van der Waals surface area contributed by atoms with Crippen LogP contribution in [0.25, 0.3) is 54.6 Å². The van der Waals surface area contributed by atoms with E-state index in [1.165, 1.54) is 54.6 Å². The van der Waals surface area contributed by atoms with Crippen LogP contribution in [-0.2, 0) is 0 Å². The first-order chi connectivity index (χ1) is 19.4. The third-order valence-electron chi connectivity index (χ3n) is 8.19. The minimum absolute atomic E-state index is 1.14. The Labute approximate surface area is 224 Å².